The van der Waals surface area contributed by atoms with E-state index in [1.165, 1.54) is 12.8 Å². The molecule has 110 valence electrons. The minimum absolute atomic E-state index is 0.116. The standard InChI is InChI=1S/C16H23NO2S/c1-19-14-7-3-5-12(9-14)10-16(18)17-13-6-4-8-15(11-13)20-2/h3,5,7,9,13,15H,4,6,8,10-11H2,1-2H3,(H,17,18)/t13-,15-/m0/s1. The molecule has 0 heterocycles. The van der Waals surface area contributed by atoms with Crippen molar-refractivity contribution in [2.75, 3.05) is 13.4 Å². The monoisotopic (exact) mass is 293 g/mol. The molecule has 1 aromatic carbocycles. The van der Waals surface area contributed by atoms with Gasteiger partial charge < -0.3 is 10.1 Å². The van der Waals surface area contributed by atoms with Crippen LogP contribution in [0.5, 0.6) is 5.75 Å². The van der Waals surface area contributed by atoms with Gasteiger partial charge in [-0.1, -0.05) is 18.6 Å². The molecular formula is C16H23NO2S. The predicted molar refractivity (Wildman–Crippen MR) is 84.4 cm³/mol. The first kappa shape index (κ1) is 15.2. The zero-order valence-electron chi connectivity index (χ0n) is 12.2. The minimum Gasteiger partial charge on any atom is -0.497 e. The molecule has 0 aromatic heterocycles. The van der Waals surface area contributed by atoms with Gasteiger partial charge in [0.15, 0.2) is 0 Å². The highest BCUT2D eigenvalue weighted by atomic mass is 32.2. The number of benzene rings is 1. The molecule has 20 heavy (non-hydrogen) atoms. The molecule has 0 radical (unpaired) electrons. The molecule has 2 rings (SSSR count). The highest BCUT2D eigenvalue weighted by Gasteiger charge is 2.22. The van der Waals surface area contributed by atoms with E-state index in [0.29, 0.717) is 17.7 Å². The molecule has 2 atom stereocenters. The van der Waals surface area contributed by atoms with E-state index in [1.54, 1.807) is 7.11 Å². The third kappa shape index (κ3) is 4.44. The van der Waals surface area contributed by atoms with Crippen molar-refractivity contribution < 1.29 is 9.53 Å². The van der Waals surface area contributed by atoms with E-state index in [2.05, 4.69) is 11.6 Å². The van der Waals surface area contributed by atoms with Gasteiger partial charge in [0.25, 0.3) is 0 Å². The van der Waals surface area contributed by atoms with Crippen LogP contribution in [0.4, 0.5) is 0 Å². The van der Waals surface area contributed by atoms with Crippen molar-refractivity contribution in [3.8, 4) is 5.75 Å². The van der Waals surface area contributed by atoms with Crippen molar-refractivity contribution in [1.82, 2.24) is 5.32 Å². The molecule has 0 saturated heterocycles. The fourth-order valence-electron chi connectivity index (χ4n) is 2.74. The van der Waals surface area contributed by atoms with Crippen LogP contribution in [0.2, 0.25) is 0 Å². The van der Waals surface area contributed by atoms with Gasteiger partial charge >= 0.3 is 0 Å². The second-order valence-electron chi connectivity index (χ2n) is 5.32. The summed E-state index contributed by atoms with van der Waals surface area (Å²) in [6.07, 6.45) is 7.30. The van der Waals surface area contributed by atoms with Crippen molar-refractivity contribution in [3.05, 3.63) is 29.8 Å². The second kappa shape index (κ2) is 7.58. The average molecular weight is 293 g/mol. The van der Waals surface area contributed by atoms with E-state index >= 15 is 0 Å². The molecule has 0 aliphatic heterocycles. The minimum atomic E-state index is 0.116. The Bertz CT molecular complexity index is 450. The summed E-state index contributed by atoms with van der Waals surface area (Å²) in [5.41, 5.74) is 0.999. The highest BCUT2D eigenvalue weighted by Crippen LogP contribution is 2.26. The molecule has 1 amide bonds. The molecule has 1 aromatic rings. The third-order valence-electron chi connectivity index (χ3n) is 3.82. The van der Waals surface area contributed by atoms with E-state index < -0.39 is 0 Å². The summed E-state index contributed by atoms with van der Waals surface area (Å²) in [5, 5.41) is 3.88. The van der Waals surface area contributed by atoms with Crippen LogP contribution in [0.3, 0.4) is 0 Å². The molecule has 1 saturated carbocycles. The SMILES string of the molecule is COc1cccc(CC(=O)N[C@H]2CCC[C@H](SC)C2)c1. The van der Waals surface area contributed by atoms with Crippen molar-refractivity contribution in [2.45, 2.75) is 43.4 Å². The Labute approximate surface area is 125 Å². The zero-order valence-corrected chi connectivity index (χ0v) is 13.0. The van der Waals surface area contributed by atoms with Crippen LogP contribution in [-0.2, 0) is 11.2 Å². The number of amides is 1. The first-order valence-corrected chi connectivity index (χ1v) is 8.45. The predicted octanol–water partition coefficient (Wildman–Crippen LogP) is 3.03. The lowest BCUT2D eigenvalue weighted by Crippen LogP contribution is -2.39. The molecule has 1 fully saturated rings. The van der Waals surface area contributed by atoms with Gasteiger partial charge in [-0.3, -0.25) is 4.79 Å². The van der Waals surface area contributed by atoms with Gasteiger partial charge in [0, 0.05) is 11.3 Å². The maximum absolute atomic E-state index is 12.1. The molecule has 0 spiro atoms. The van der Waals surface area contributed by atoms with E-state index in [4.69, 9.17) is 4.74 Å². The highest BCUT2D eigenvalue weighted by molar-refractivity contribution is 7.99. The Morgan fingerprint density at radius 3 is 3.05 bits per heavy atom. The average Bonchev–Trinajstić information content (AvgIpc) is 2.47. The molecule has 4 heteroatoms. The van der Waals surface area contributed by atoms with E-state index in [9.17, 15) is 4.79 Å². The summed E-state index contributed by atoms with van der Waals surface area (Å²) in [7, 11) is 1.64. The largest absolute Gasteiger partial charge is 0.497 e. The number of carbonyl (C=O) groups is 1. The van der Waals surface area contributed by atoms with E-state index in [-0.39, 0.29) is 5.91 Å². The number of hydrogen-bond acceptors (Lipinski definition) is 3. The topological polar surface area (TPSA) is 38.3 Å². The van der Waals surface area contributed by atoms with Gasteiger partial charge in [-0.2, -0.15) is 11.8 Å². The molecule has 0 unspecified atom stereocenters. The van der Waals surface area contributed by atoms with Crippen LogP contribution >= 0.6 is 11.8 Å². The summed E-state index contributed by atoms with van der Waals surface area (Å²) < 4.78 is 5.18. The summed E-state index contributed by atoms with van der Waals surface area (Å²) in [6.45, 7) is 0. The smallest absolute Gasteiger partial charge is 0.224 e. The Morgan fingerprint density at radius 1 is 1.45 bits per heavy atom. The first-order valence-electron chi connectivity index (χ1n) is 7.16. The van der Waals surface area contributed by atoms with Crippen LogP contribution in [0.25, 0.3) is 0 Å². The van der Waals surface area contributed by atoms with Crippen LogP contribution < -0.4 is 10.1 Å². The van der Waals surface area contributed by atoms with Gasteiger partial charge in [-0.05, 0) is 43.2 Å². The van der Waals surface area contributed by atoms with E-state index in [1.807, 2.05) is 36.0 Å². The molecule has 1 aliphatic carbocycles. The number of hydrogen-bond donors (Lipinski definition) is 1. The van der Waals surface area contributed by atoms with Crippen LogP contribution in [0, 0.1) is 0 Å². The Balaban J connectivity index is 1.85. The van der Waals surface area contributed by atoms with Crippen LogP contribution in [0.15, 0.2) is 24.3 Å². The molecule has 0 bridgehead atoms. The first-order chi connectivity index (χ1) is 9.71. The van der Waals surface area contributed by atoms with Crippen molar-refractivity contribution in [1.29, 1.82) is 0 Å². The van der Waals surface area contributed by atoms with Gasteiger partial charge in [0.05, 0.1) is 13.5 Å². The fourth-order valence-corrected chi connectivity index (χ4v) is 3.56. The fraction of sp³-hybridized carbons (Fsp3) is 0.562. The van der Waals surface area contributed by atoms with E-state index in [0.717, 1.165) is 24.2 Å². The summed E-state index contributed by atoms with van der Waals surface area (Å²) >= 11 is 1.92. The van der Waals surface area contributed by atoms with Gasteiger partial charge in [-0.25, -0.2) is 0 Å². The van der Waals surface area contributed by atoms with Gasteiger partial charge in [0.2, 0.25) is 5.91 Å². The zero-order chi connectivity index (χ0) is 14.4. The number of thioether (sulfide) groups is 1. The summed E-state index contributed by atoms with van der Waals surface area (Å²) in [5.74, 6) is 0.917. The van der Waals surface area contributed by atoms with Crippen molar-refractivity contribution >= 4 is 17.7 Å². The lowest BCUT2D eigenvalue weighted by Gasteiger charge is -2.28. The maximum Gasteiger partial charge on any atom is 0.224 e. The summed E-state index contributed by atoms with van der Waals surface area (Å²) in [6, 6.07) is 8.05. The maximum atomic E-state index is 12.1. The van der Waals surface area contributed by atoms with Crippen molar-refractivity contribution in [2.24, 2.45) is 0 Å². The molecule has 1 N–H and O–H groups in total. The third-order valence-corrected chi connectivity index (χ3v) is 4.92. The lowest BCUT2D eigenvalue weighted by atomic mass is 9.94. The number of rotatable bonds is 5. The van der Waals surface area contributed by atoms with Crippen molar-refractivity contribution in [3.63, 3.8) is 0 Å². The van der Waals surface area contributed by atoms with Gasteiger partial charge in [0.1, 0.15) is 5.75 Å². The lowest BCUT2D eigenvalue weighted by molar-refractivity contribution is -0.121. The van der Waals surface area contributed by atoms with Crippen LogP contribution in [-0.4, -0.2) is 30.6 Å². The number of ether oxygens (including phenoxy) is 1. The molecule has 3 nitrogen and oxygen atoms in total. The summed E-state index contributed by atoms with van der Waals surface area (Å²) in [4.78, 5) is 12.1. The second-order valence-corrected chi connectivity index (χ2v) is 6.46. The normalized spacial score (nSPS) is 22.3. The quantitative estimate of drug-likeness (QED) is 0.907. The van der Waals surface area contributed by atoms with Gasteiger partial charge in [-0.15, -0.1) is 0 Å². The molecule has 1 aliphatic rings. The number of carbonyl (C=O) groups excluding carboxylic acids is 1. The number of methoxy groups -OCH3 is 1. The number of nitrogens with one attached hydrogen (secondary N) is 1. The Kier molecular flexibility index (Phi) is 5.77. The Hall–Kier alpha value is -1.16. The van der Waals surface area contributed by atoms with Crippen LogP contribution in [0.1, 0.15) is 31.2 Å². The molecular weight excluding hydrogens is 270 g/mol. The Morgan fingerprint density at radius 2 is 2.30 bits per heavy atom.